The van der Waals surface area contributed by atoms with Gasteiger partial charge in [-0.1, -0.05) is 43.0 Å². The molecule has 0 aromatic heterocycles. The Hall–Kier alpha value is -2.94. The maximum absolute atomic E-state index is 12.1. The van der Waals surface area contributed by atoms with Crippen LogP contribution in [0.4, 0.5) is 0 Å². The van der Waals surface area contributed by atoms with Crippen molar-refractivity contribution in [2.75, 3.05) is 0 Å². The van der Waals surface area contributed by atoms with E-state index in [-0.39, 0.29) is 5.78 Å². The second kappa shape index (κ2) is 7.18. The monoisotopic (exact) mass is 292 g/mol. The zero-order valence-corrected chi connectivity index (χ0v) is 12.3. The molecule has 2 aromatic carbocycles. The third-order valence-corrected chi connectivity index (χ3v) is 2.92. The highest BCUT2D eigenvalue weighted by atomic mass is 16.5. The van der Waals surface area contributed by atoms with Gasteiger partial charge in [-0.15, -0.1) is 0 Å². The topological polar surface area (TPSA) is 43.4 Å². The van der Waals surface area contributed by atoms with Crippen molar-refractivity contribution in [2.24, 2.45) is 0 Å². The minimum absolute atomic E-state index is 0.110. The number of ketones is 1. The molecule has 0 saturated heterocycles. The summed E-state index contributed by atoms with van der Waals surface area (Å²) < 4.78 is 5.07. The van der Waals surface area contributed by atoms with Gasteiger partial charge in [0.15, 0.2) is 5.78 Å². The fourth-order valence-electron chi connectivity index (χ4n) is 1.71. The van der Waals surface area contributed by atoms with Gasteiger partial charge in [0.25, 0.3) is 0 Å². The average Bonchev–Trinajstić information content (AvgIpc) is 2.54. The molecule has 0 amide bonds. The van der Waals surface area contributed by atoms with Gasteiger partial charge in [0, 0.05) is 11.1 Å². The van der Waals surface area contributed by atoms with Crippen LogP contribution in [0.1, 0.15) is 22.8 Å². The molecular formula is C19H16O3. The van der Waals surface area contributed by atoms with Gasteiger partial charge in [-0.05, 0) is 42.8 Å². The normalized spacial score (nSPS) is 10.4. The molecule has 0 radical (unpaired) electrons. The summed E-state index contributed by atoms with van der Waals surface area (Å²) in [5, 5.41) is 0. The Morgan fingerprint density at radius 1 is 1.00 bits per heavy atom. The largest absolute Gasteiger partial charge is 0.423 e. The first kappa shape index (κ1) is 15.4. The molecule has 2 aromatic rings. The van der Waals surface area contributed by atoms with Crippen molar-refractivity contribution in [3.05, 3.63) is 84.0 Å². The number of esters is 1. The number of allylic oxidation sites excluding steroid dienone is 1. The van der Waals surface area contributed by atoms with Gasteiger partial charge in [0.2, 0.25) is 0 Å². The van der Waals surface area contributed by atoms with Crippen LogP contribution in [0.3, 0.4) is 0 Å². The molecule has 2 rings (SSSR count). The number of rotatable bonds is 5. The van der Waals surface area contributed by atoms with Gasteiger partial charge < -0.3 is 4.74 Å². The molecule has 0 unspecified atom stereocenters. The van der Waals surface area contributed by atoms with Crippen molar-refractivity contribution in [1.82, 2.24) is 0 Å². The van der Waals surface area contributed by atoms with Crippen LogP contribution in [0.25, 0.3) is 6.08 Å². The Labute approximate surface area is 129 Å². The Balaban J connectivity index is 2.04. The molecule has 0 heterocycles. The van der Waals surface area contributed by atoms with E-state index in [1.54, 1.807) is 37.3 Å². The molecule has 0 saturated carbocycles. The summed E-state index contributed by atoms with van der Waals surface area (Å²) >= 11 is 0. The Morgan fingerprint density at radius 3 is 2.23 bits per heavy atom. The van der Waals surface area contributed by atoms with Gasteiger partial charge in [-0.3, -0.25) is 4.79 Å². The summed E-state index contributed by atoms with van der Waals surface area (Å²) in [4.78, 5) is 23.4. The Morgan fingerprint density at radius 2 is 1.64 bits per heavy atom. The van der Waals surface area contributed by atoms with Crippen LogP contribution in [-0.4, -0.2) is 11.8 Å². The molecule has 0 aliphatic carbocycles. The Bertz CT molecular complexity index is 710. The summed E-state index contributed by atoms with van der Waals surface area (Å²) in [6, 6.07) is 16.0. The van der Waals surface area contributed by atoms with Gasteiger partial charge in [0.05, 0.1) is 0 Å². The highest BCUT2D eigenvalue weighted by molar-refractivity contribution is 6.06. The standard InChI is InChI=1S/C19H16O3/c1-14(2)19(21)22-17-11-9-16(10-12-17)18(20)13-8-15-6-4-3-5-7-15/h3-13H,1H2,2H3. The van der Waals surface area contributed by atoms with E-state index in [1.807, 2.05) is 30.3 Å². The van der Waals surface area contributed by atoms with Crippen LogP contribution in [0.5, 0.6) is 5.75 Å². The number of hydrogen-bond donors (Lipinski definition) is 0. The van der Waals surface area contributed by atoms with E-state index in [4.69, 9.17) is 4.74 Å². The highest BCUT2D eigenvalue weighted by Gasteiger charge is 2.06. The summed E-state index contributed by atoms with van der Waals surface area (Å²) in [5.74, 6) is -0.207. The van der Waals surface area contributed by atoms with Crippen molar-refractivity contribution < 1.29 is 14.3 Å². The van der Waals surface area contributed by atoms with Crippen LogP contribution in [-0.2, 0) is 4.79 Å². The number of hydrogen-bond acceptors (Lipinski definition) is 3. The SMILES string of the molecule is C=C(C)C(=O)Oc1ccc(C(=O)C=Cc2ccccc2)cc1. The van der Waals surface area contributed by atoms with E-state index in [2.05, 4.69) is 6.58 Å². The smallest absolute Gasteiger partial charge is 0.338 e. The van der Waals surface area contributed by atoms with Crippen molar-refractivity contribution in [1.29, 1.82) is 0 Å². The van der Waals surface area contributed by atoms with Gasteiger partial charge >= 0.3 is 5.97 Å². The first-order valence-electron chi connectivity index (χ1n) is 6.81. The lowest BCUT2D eigenvalue weighted by atomic mass is 10.1. The molecule has 0 aliphatic rings. The third-order valence-electron chi connectivity index (χ3n) is 2.92. The lowest BCUT2D eigenvalue weighted by molar-refractivity contribution is -0.130. The van der Waals surface area contributed by atoms with Gasteiger partial charge in [0.1, 0.15) is 5.75 Å². The van der Waals surface area contributed by atoms with Crippen LogP contribution in [0.2, 0.25) is 0 Å². The van der Waals surface area contributed by atoms with E-state index in [9.17, 15) is 9.59 Å². The first-order valence-corrected chi connectivity index (χ1v) is 6.81. The average molecular weight is 292 g/mol. The molecule has 0 N–H and O–H groups in total. The van der Waals surface area contributed by atoms with Gasteiger partial charge in [-0.25, -0.2) is 4.79 Å². The molecule has 110 valence electrons. The minimum Gasteiger partial charge on any atom is -0.423 e. The van der Waals surface area contributed by atoms with Crippen LogP contribution in [0, 0.1) is 0 Å². The number of carbonyl (C=O) groups excluding carboxylic acids is 2. The van der Waals surface area contributed by atoms with Gasteiger partial charge in [-0.2, -0.15) is 0 Å². The third kappa shape index (κ3) is 4.28. The molecule has 3 heteroatoms. The molecular weight excluding hydrogens is 276 g/mol. The second-order valence-corrected chi connectivity index (χ2v) is 4.80. The number of ether oxygens (including phenoxy) is 1. The minimum atomic E-state index is -0.483. The molecule has 3 nitrogen and oxygen atoms in total. The summed E-state index contributed by atoms with van der Waals surface area (Å²) in [5.41, 5.74) is 1.82. The van der Waals surface area contributed by atoms with Crippen molar-refractivity contribution in [3.63, 3.8) is 0 Å². The molecule has 0 bridgehead atoms. The van der Waals surface area contributed by atoms with E-state index < -0.39 is 5.97 Å². The predicted octanol–water partition coefficient (Wildman–Crippen LogP) is 4.06. The maximum atomic E-state index is 12.1. The van der Waals surface area contributed by atoms with E-state index >= 15 is 0 Å². The number of benzene rings is 2. The second-order valence-electron chi connectivity index (χ2n) is 4.80. The summed E-state index contributed by atoms with van der Waals surface area (Å²) in [6.45, 7) is 5.09. The molecule has 0 spiro atoms. The fraction of sp³-hybridized carbons (Fsp3) is 0.0526. The fourth-order valence-corrected chi connectivity index (χ4v) is 1.71. The molecule has 22 heavy (non-hydrogen) atoms. The molecule has 0 atom stereocenters. The lowest BCUT2D eigenvalue weighted by Gasteiger charge is -2.04. The van der Waals surface area contributed by atoms with E-state index in [1.165, 1.54) is 6.08 Å². The lowest BCUT2D eigenvalue weighted by Crippen LogP contribution is -2.08. The summed E-state index contributed by atoms with van der Waals surface area (Å²) in [7, 11) is 0. The predicted molar refractivity (Wildman–Crippen MR) is 86.7 cm³/mol. The van der Waals surface area contributed by atoms with E-state index in [0.29, 0.717) is 16.9 Å². The maximum Gasteiger partial charge on any atom is 0.338 e. The first-order chi connectivity index (χ1) is 10.6. The van der Waals surface area contributed by atoms with Crippen LogP contribution in [0.15, 0.2) is 72.8 Å². The Kier molecular flexibility index (Phi) is 5.04. The highest BCUT2D eigenvalue weighted by Crippen LogP contribution is 2.14. The molecule has 0 fully saturated rings. The van der Waals surface area contributed by atoms with Crippen molar-refractivity contribution in [3.8, 4) is 5.75 Å². The van der Waals surface area contributed by atoms with Crippen molar-refractivity contribution >= 4 is 17.8 Å². The molecule has 0 aliphatic heterocycles. The van der Waals surface area contributed by atoms with Crippen LogP contribution >= 0.6 is 0 Å². The zero-order chi connectivity index (χ0) is 15.9. The quantitative estimate of drug-likeness (QED) is 0.361. The van der Waals surface area contributed by atoms with Crippen molar-refractivity contribution in [2.45, 2.75) is 6.92 Å². The zero-order valence-electron chi connectivity index (χ0n) is 12.3. The van der Waals surface area contributed by atoms with Crippen LogP contribution < -0.4 is 4.74 Å². The van der Waals surface area contributed by atoms with E-state index in [0.717, 1.165) is 5.56 Å². The number of carbonyl (C=O) groups is 2. The summed E-state index contributed by atoms with van der Waals surface area (Å²) in [6.07, 6.45) is 3.28.